The van der Waals surface area contributed by atoms with Gasteiger partial charge in [0.25, 0.3) is 0 Å². The first-order valence-corrected chi connectivity index (χ1v) is 7.90. The van der Waals surface area contributed by atoms with Gasteiger partial charge in [0.15, 0.2) is 0 Å². The summed E-state index contributed by atoms with van der Waals surface area (Å²) in [4.78, 5) is 0. The van der Waals surface area contributed by atoms with Crippen molar-refractivity contribution >= 4 is 50.7 Å². The topological polar surface area (TPSA) is 0 Å². The summed E-state index contributed by atoms with van der Waals surface area (Å²) in [6.07, 6.45) is -4.51. The van der Waals surface area contributed by atoms with Gasteiger partial charge < -0.3 is 0 Å². The van der Waals surface area contributed by atoms with Crippen LogP contribution in [-0.2, 0) is 11.5 Å². The Labute approximate surface area is 142 Å². The quantitative estimate of drug-likeness (QED) is 0.357. The van der Waals surface area contributed by atoms with Gasteiger partial charge in [-0.25, -0.2) is 0 Å². The standard InChI is InChI=1S/C14H7BrCl3F3/c15-6-7-1-2-9(11(3-7)14(19,20)21)10-4-8(16)5-12(17)13(10)18/h1-5H,6H2. The lowest BCUT2D eigenvalue weighted by Gasteiger charge is -2.16. The molecule has 21 heavy (non-hydrogen) atoms. The fourth-order valence-corrected chi connectivity index (χ4v) is 2.95. The van der Waals surface area contributed by atoms with Gasteiger partial charge in [0, 0.05) is 15.9 Å². The molecule has 0 unspecified atom stereocenters. The zero-order valence-electron chi connectivity index (χ0n) is 10.2. The minimum Gasteiger partial charge on any atom is -0.166 e. The van der Waals surface area contributed by atoms with Crippen molar-refractivity contribution in [3.8, 4) is 11.1 Å². The highest BCUT2D eigenvalue weighted by atomic mass is 79.9. The first kappa shape index (κ1) is 16.9. The summed E-state index contributed by atoms with van der Waals surface area (Å²) < 4.78 is 39.8. The van der Waals surface area contributed by atoms with Gasteiger partial charge in [-0.2, -0.15) is 13.2 Å². The van der Waals surface area contributed by atoms with Crippen LogP contribution in [-0.4, -0.2) is 0 Å². The molecule has 7 heteroatoms. The molecule has 112 valence electrons. The van der Waals surface area contributed by atoms with Gasteiger partial charge in [-0.3, -0.25) is 0 Å². The summed E-state index contributed by atoms with van der Waals surface area (Å²) >= 11 is 20.9. The van der Waals surface area contributed by atoms with E-state index >= 15 is 0 Å². The van der Waals surface area contributed by atoms with E-state index in [1.165, 1.54) is 18.2 Å². The van der Waals surface area contributed by atoms with E-state index in [4.69, 9.17) is 34.8 Å². The molecular formula is C14H7BrCl3F3. The van der Waals surface area contributed by atoms with Crippen molar-refractivity contribution in [3.63, 3.8) is 0 Å². The van der Waals surface area contributed by atoms with Gasteiger partial charge >= 0.3 is 6.18 Å². The van der Waals surface area contributed by atoms with Gasteiger partial charge in [0.2, 0.25) is 0 Å². The van der Waals surface area contributed by atoms with Crippen LogP contribution in [0.5, 0.6) is 0 Å². The lowest BCUT2D eigenvalue weighted by Crippen LogP contribution is -2.08. The van der Waals surface area contributed by atoms with Gasteiger partial charge in [0.1, 0.15) is 0 Å². The molecule has 0 nitrogen and oxygen atoms in total. The first-order chi connectivity index (χ1) is 9.74. The normalized spacial score (nSPS) is 11.8. The molecule has 2 aromatic carbocycles. The molecule has 0 heterocycles. The maximum absolute atomic E-state index is 13.3. The molecule has 0 N–H and O–H groups in total. The Balaban J connectivity index is 2.75. The number of hydrogen-bond donors (Lipinski definition) is 0. The minimum absolute atomic E-state index is 0.0400. The number of hydrogen-bond acceptors (Lipinski definition) is 0. The molecule has 0 aliphatic carbocycles. The van der Waals surface area contributed by atoms with Gasteiger partial charge in [-0.05, 0) is 29.3 Å². The van der Waals surface area contributed by atoms with E-state index < -0.39 is 11.7 Å². The van der Waals surface area contributed by atoms with Gasteiger partial charge in [-0.1, -0.05) is 62.9 Å². The Kier molecular flexibility index (Phi) is 5.14. The summed E-state index contributed by atoms with van der Waals surface area (Å²) in [5, 5.41) is 0.688. The fourth-order valence-electron chi connectivity index (χ4n) is 1.90. The third-order valence-electron chi connectivity index (χ3n) is 2.83. The second kappa shape index (κ2) is 6.37. The summed E-state index contributed by atoms with van der Waals surface area (Å²) in [5.41, 5.74) is -0.167. The van der Waals surface area contributed by atoms with Crippen LogP contribution in [0.2, 0.25) is 15.1 Å². The Morgan fingerprint density at radius 1 is 0.952 bits per heavy atom. The van der Waals surface area contributed by atoms with Gasteiger partial charge in [0.05, 0.1) is 15.6 Å². The summed E-state index contributed by atoms with van der Waals surface area (Å²) in [5.74, 6) is 0. The molecule has 0 saturated carbocycles. The summed E-state index contributed by atoms with van der Waals surface area (Å²) in [6.45, 7) is 0. The van der Waals surface area contributed by atoms with E-state index in [1.54, 1.807) is 6.07 Å². The van der Waals surface area contributed by atoms with Crippen molar-refractivity contribution in [2.24, 2.45) is 0 Å². The predicted octanol–water partition coefficient (Wildman–Crippen LogP) is 7.23. The maximum Gasteiger partial charge on any atom is 0.417 e. The van der Waals surface area contributed by atoms with Crippen LogP contribution in [0, 0.1) is 0 Å². The van der Waals surface area contributed by atoms with Crippen molar-refractivity contribution in [1.82, 2.24) is 0 Å². The van der Waals surface area contributed by atoms with E-state index in [0.717, 1.165) is 6.07 Å². The van der Waals surface area contributed by atoms with Gasteiger partial charge in [-0.15, -0.1) is 0 Å². The molecule has 0 amide bonds. The number of benzene rings is 2. The molecule has 0 aliphatic rings. The van der Waals surface area contributed by atoms with Crippen molar-refractivity contribution in [2.45, 2.75) is 11.5 Å². The molecule has 0 spiro atoms. The van der Waals surface area contributed by atoms with E-state index in [2.05, 4.69) is 15.9 Å². The monoisotopic (exact) mass is 416 g/mol. The Hall–Kier alpha value is -0.420. The number of halogens is 7. The average Bonchev–Trinajstić information content (AvgIpc) is 2.41. The third-order valence-corrected chi connectivity index (χ3v) is 4.49. The molecule has 0 atom stereocenters. The molecule has 0 fully saturated rings. The largest absolute Gasteiger partial charge is 0.417 e. The molecular weight excluding hydrogens is 411 g/mol. The van der Waals surface area contributed by atoms with Crippen molar-refractivity contribution < 1.29 is 13.2 Å². The Morgan fingerprint density at radius 3 is 2.19 bits per heavy atom. The SMILES string of the molecule is FC(F)(F)c1cc(CBr)ccc1-c1cc(Cl)cc(Cl)c1Cl. The van der Waals surface area contributed by atoms with E-state index in [9.17, 15) is 13.2 Å². The van der Waals surface area contributed by atoms with Crippen LogP contribution in [0.4, 0.5) is 13.2 Å². The van der Waals surface area contributed by atoms with E-state index in [-0.39, 0.29) is 26.2 Å². The van der Waals surface area contributed by atoms with Crippen LogP contribution in [0.25, 0.3) is 11.1 Å². The second-order valence-electron chi connectivity index (χ2n) is 4.26. The average molecular weight is 418 g/mol. The lowest BCUT2D eigenvalue weighted by atomic mass is 9.97. The minimum atomic E-state index is -4.51. The van der Waals surface area contributed by atoms with E-state index in [0.29, 0.717) is 10.9 Å². The second-order valence-corrected chi connectivity index (χ2v) is 6.04. The third kappa shape index (κ3) is 3.67. The Morgan fingerprint density at radius 2 is 1.62 bits per heavy atom. The molecule has 2 aromatic rings. The summed E-state index contributed by atoms with van der Waals surface area (Å²) in [6, 6.07) is 6.79. The molecule has 2 rings (SSSR count). The first-order valence-electron chi connectivity index (χ1n) is 5.65. The Bertz CT molecular complexity index is 684. The highest BCUT2D eigenvalue weighted by Gasteiger charge is 2.34. The zero-order valence-corrected chi connectivity index (χ0v) is 14.1. The van der Waals surface area contributed by atoms with E-state index in [1.807, 2.05) is 0 Å². The molecule has 0 aromatic heterocycles. The van der Waals surface area contributed by atoms with Crippen LogP contribution in [0.15, 0.2) is 30.3 Å². The molecule has 0 aliphatic heterocycles. The molecule has 0 radical (unpaired) electrons. The van der Waals surface area contributed by atoms with Crippen molar-refractivity contribution in [2.75, 3.05) is 0 Å². The molecule has 0 bridgehead atoms. The smallest absolute Gasteiger partial charge is 0.166 e. The van der Waals surface area contributed by atoms with Crippen LogP contribution in [0.1, 0.15) is 11.1 Å². The predicted molar refractivity (Wildman–Crippen MR) is 84.5 cm³/mol. The maximum atomic E-state index is 13.3. The number of alkyl halides is 4. The zero-order chi connectivity index (χ0) is 15.8. The van der Waals surface area contributed by atoms with Crippen LogP contribution < -0.4 is 0 Å². The summed E-state index contributed by atoms with van der Waals surface area (Å²) in [7, 11) is 0. The van der Waals surface area contributed by atoms with Crippen LogP contribution >= 0.6 is 50.7 Å². The fraction of sp³-hybridized carbons (Fsp3) is 0.143. The lowest BCUT2D eigenvalue weighted by molar-refractivity contribution is -0.137. The van der Waals surface area contributed by atoms with Crippen molar-refractivity contribution in [1.29, 1.82) is 0 Å². The highest BCUT2D eigenvalue weighted by Crippen LogP contribution is 2.43. The highest BCUT2D eigenvalue weighted by molar-refractivity contribution is 9.08. The van der Waals surface area contributed by atoms with Crippen LogP contribution in [0.3, 0.4) is 0 Å². The molecule has 0 saturated heterocycles. The number of rotatable bonds is 2. The van der Waals surface area contributed by atoms with Crippen molar-refractivity contribution in [3.05, 3.63) is 56.5 Å².